The average molecular weight is 509 g/mol. The van der Waals surface area contributed by atoms with Crippen LogP contribution in [-0.4, -0.2) is 25.0 Å². The van der Waals surface area contributed by atoms with Gasteiger partial charge in [0.05, 0.1) is 0 Å². The molecule has 210 valence electrons. The van der Waals surface area contributed by atoms with E-state index in [0.717, 1.165) is 25.7 Å². The van der Waals surface area contributed by atoms with E-state index in [4.69, 9.17) is 9.68 Å². The number of carbonyl (C=O) groups is 2. The van der Waals surface area contributed by atoms with Crippen molar-refractivity contribution in [1.82, 2.24) is 11.0 Å². The first-order chi connectivity index (χ1) is 17.7. The molecule has 0 aromatic heterocycles. The van der Waals surface area contributed by atoms with Gasteiger partial charge in [0.2, 0.25) is 0 Å². The van der Waals surface area contributed by atoms with Gasteiger partial charge in [0.25, 0.3) is 0 Å². The fourth-order valence-corrected chi connectivity index (χ4v) is 3.95. The lowest BCUT2D eigenvalue weighted by atomic mass is 10.1. The molecule has 0 aliphatic carbocycles. The van der Waals surface area contributed by atoms with E-state index in [0.29, 0.717) is 13.1 Å². The zero-order valence-corrected chi connectivity index (χ0v) is 23.5. The Hall–Kier alpha value is -1.66. The zero-order chi connectivity index (χ0) is 26.4. The smallest absolute Gasteiger partial charge is 0.349 e. The second kappa shape index (κ2) is 29.6. The molecule has 0 spiro atoms. The second-order valence-corrected chi connectivity index (χ2v) is 9.71. The first-order valence-corrected chi connectivity index (χ1v) is 14.9. The number of hydrogen-bond acceptors (Lipinski definition) is 6. The van der Waals surface area contributed by atoms with Crippen LogP contribution >= 0.6 is 0 Å². The van der Waals surface area contributed by atoms with Crippen LogP contribution in [0.25, 0.3) is 0 Å². The Kier molecular flexibility index (Phi) is 28.2. The lowest BCUT2D eigenvalue weighted by Crippen LogP contribution is -2.19. The molecule has 0 bridgehead atoms. The van der Waals surface area contributed by atoms with Crippen LogP contribution in [0.3, 0.4) is 0 Å². The Morgan fingerprint density at radius 3 is 1.06 bits per heavy atom. The number of allylic oxidation sites excluding steroid dienone is 2. The maximum Gasteiger partial charge on any atom is 0.349 e. The topological polar surface area (TPSA) is 76.7 Å². The second-order valence-electron chi connectivity index (χ2n) is 9.71. The molecule has 0 atom stereocenters. The molecule has 6 heteroatoms. The van der Waals surface area contributed by atoms with Gasteiger partial charge < -0.3 is 9.68 Å². The maximum absolute atomic E-state index is 11.6. The zero-order valence-electron chi connectivity index (χ0n) is 23.5. The van der Waals surface area contributed by atoms with Gasteiger partial charge >= 0.3 is 11.9 Å². The molecule has 6 nitrogen and oxygen atoms in total. The Morgan fingerprint density at radius 2 is 0.750 bits per heavy atom. The third-order valence-corrected chi connectivity index (χ3v) is 6.19. The summed E-state index contributed by atoms with van der Waals surface area (Å²) in [5.74, 6) is -0.974. The molecule has 0 aromatic rings. The van der Waals surface area contributed by atoms with Gasteiger partial charge in [-0.2, -0.15) is 11.0 Å². The molecule has 0 heterocycles. The van der Waals surface area contributed by atoms with Crippen molar-refractivity contribution in [1.29, 1.82) is 0 Å². The van der Waals surface area contributed by atoms with E-state index in [1.54, 1.807) is 0 Å². The van der Waals surface area contributed by atoms with Gasteiger partial charge in [0.15, 0.2) is 0 Å². The summed E-state index contributed by atoms with van der Waals surface area (Å²) in [5, 5.41) is 0. The molecule has 0 amide bonds. The summed E-state index contributed by atoms with van der Waals surface area (Å²) >= 11 is 0. The van der Waals surface area contributed by atoms with Gasteiger partial charge in [-0.05, 0) is 12.8 Å². The van der Waals surface area contributed by atoms with E-state index >= 15 is 0 Å². The standard InChI is InChI=1S/C30H56N2O4/c1-3-5-7-9-11-13-15-17-19-23-27-31-35-29(33)25-21-22-26-30(34)36-32-28-24-20-18-16-14-12-10-8-6-4-2/h21-22,25-26,31-32H,3-20,23-24,27-28H2,1-2H3/b25-21-,26-22-. The fraction of sp³-hybridized carbons (Fsp3) is 0.800. The van der Waals surface area contributed by atoms with Crippen LogP contribution in [0.1, 0.15) is 142 Å². The van der Waals surface area contributed by atoms with Crippen molar-refractivity contribution in [2.24, 2.45) is 0 Å². The predicted octanol–water partition coefficient (Wildman–Crippen LogP) is 8.04. The minimum absolute atomic E-state index is 0.487. The van der Waals surface area contributed by atoms with Gasteiger partial charge in [-0.3, -0.25) is 0 Å². The molecule has 0 fully saturated rings. The Balaban J connectivity index is 3.45. The molecule has 0 aromatic carbocycles. The summed E-state index contributed by atoms with van der Waals surface area (Å²) in [5.41, 5.74) is 5.40. The number of rotatable bonds is 27. The molecule has 2 N–H and O–H groups in total. The predicted molar refractivity (Wildman–Crippen MR) is 150 cm³/mol. The van der Waals surface area contributed by atoms with Crippen LogP contribution in [-0.2, 0) is 19.3 Å². The Morgan fingerprint density at radius 1 is 0.472 bits per heavy atom. The summed E-state index contributed by atoms with van der Waals surface area (Å²) in [6, 6.07) is 0. The number of unbranched alkanes of at least 4 members (excludes halogenated alkanes) is 18. The van der Waals surface area contributed by atoms with Crippen LogP contribution in [0.5, 0.6) is 0 Å². The number of carbonyl (C=O) groups excluding carboxylic acids is 2. The monoisotopic (exact) mass is 508 g/mol. The summed E-state index contributed by atoms with van der Waals surface area (Å²) in [6.07, 6.45) is 31.0. The van der Waals surface area contributed by atoms with Crippen molar-refractivity contribution in [2.45, 2.75) is 142 Å². The SMILES string of the molecule is CCCCCCCCCCCCNOC(=O)/C=C\C=C/C(=O)ONCCCCCCCCCCCC. The van der Waals surface area contributed by atoms with Crippen LogP contribution in [0.4, 0.5) is 0 Å². The van der Waals surface area contributed by atoms with Crippen LogP contribution < -0.4 is 11.0 Å². The number of nitrogens with one attached hydrogen (secondary N) is 2. The quantitative estimate of drug-likeness (QED) is 0.0506. The summed E-state index contributed by atoms with van der Waals surface area (Å²) in [4.78, 5) is 33.2. The maximum atomic E-state index is 11.6. The van der Waals surface area contributed by atoms with Crippen molar-refractivity contribution in [2.75, 3.05) is 13.1 Å². The minimum atomic E-state index is -0.487. The van der Waals surface area contributed by atoms with Crippen LogP contribution in [0, 0.1) is 0 Å². The summed E-state index contributed by atoms with van der Waals surface area (Å²) in [6.45, 7) is 5.80. The van der Waals surface area contributed by atoms with Crippen LogP contribution in [0.15, 0.2) is 24.3 Å². The van der Waals surface area contributed by atoms with E-state index in [1.807, 2.05) is 0 Å². The van der Waals surface area contributed by atoms with Gasteiger partial charge in [0, 0.05) is 25.2 Å². The lowest BCUT2D eigenvalue weighted by Gasteiger charge is -2.04. The Bertz CT molecular complexity index is 501. The molecule has 0 aliphatic rings. The highest BCUT2D eigenvalue weighted by Crippen LogP contribution is 2.11. The van der Waals surface area contributed by atoms with Crippen molar-refractivity contribution in [3.05, 3.63) is 24.3 Å². The molecule has 36 heavy (non-hydrogen) atoms. The third kappa shape index (κ3) is 28.6. The first-order valence-electron chi connectivity index (χ1n) is 14.9. The van der Waals surface area contributed by atoms with E-state index in [-0.39, 0.29) is 0 Å². The molecule has 0 radical (unpaired) electrons. The highest BCUT2D eigenvalue weighted by atomic mass is 16.7. The third-order valence-electron chi connectivity index (χ3n) is 6.19. The first kappa shape index (κ1) is 34.3. The molecule has 0 unspecified atom stereocenters. The van der Waals surface area contributed by atoms with Crippen molar-refractivity contribution in [3.63, 3.8) is 0 Å². The summed E-state index contributed by atoms with van der Waals surface area (Å²) < 4.78 is 0. The lowest BCUT2D eigenvalue weighted by molar-refractivity contribution is -0.145. The van der Waals surface area contributed by atoms with Crippen molar-refractivity contribution in [3.8, 4) is 0 Å². The number of hydrogen-bond donors (Lipinski definition) is 2. The Labute approximate surface area is 222 Å². The molecule has 0 saturated heterocycles. The molecular weight excluding hydrogens is 452 g/mol. The highest BCUT2D eigenvalue weighted by Gasteiger charge is 1.98. The highest BCUT2D eigenvalue weighted by molar-refractivity contribution is 5.84. The fourth-order valence-electron chi connectivity index (χ4n) is 3.95. The minimum Gasteiger partial charge on any atom is -0.367 e. The van der Waals surface area contributed by atoms with E-state index < -0.39 is 11.9 Å². The largest absolute Gasteiger partial charge is 0.367 e. The number of hydroxylamine groups is 2. The van der Waals surface area contributed by atoms with E-state index in [1.165, 1.54) is 127 Å². The van der Waals surface area contributed by atoms with Gasteiger partial charge in [-0.25, -0.2) is 9.59 Å². The van der Waals surface area contributed by atoms with Gasteiger partial charge in [-0.15, -0.1) is 0 Å². The summed E-state index contributed by atoms with van der Waals surface area (Å²) in [7, 11) is 0. The van der Waals surface area contributed by atoms with E-state index in [2.05, 4.69) is 24.8 Å². The normalized spacial score (nSPS) is 11.5. The molecule has 0 saturated carbocycles. The average Bonchev–Trinajstić information content (AvgIpc) is 2.88. The van der Waals surface area contributed by atoms with Gasteiger partial charge in [-0.1, -0.05) is 142 Å². The van der Waals surface area contributed by atoms with Crippen LogP contribution in [0.2, 0.25) is 0 Å². The molecule has 0 rings (SSSR count). The molecular formula is C30H56N2O4. The van der Waals surface area contributed by atoms with Gasteiger partial charge in [0.1, 0.15) is 0 Å². The van der Waals surface area contributed by atoms with Crippen molar-refractivity contribution >= 4 is 11.9 Å². The molecule has 0 aliphatic heterocycles. The van der Waals surface area contributed by atoms with Crippen molar-refractivity contribution < 1.29 is 19.3 Å². The van der Waals surface area contributed by atoms with E-state index in [9.17, 15) is 9.59 Å².